The summed E-state index contributed by atoms with van der Waals surface area (Å²) < 4.78 is 107. The van der Waals surface area contributed by atoms with E-state index in [4.69, 9.17) is 0 Å². The molecule has 0 radical (unpaired) electrons. The molecule has 0 aliphatic carbocycles. The van der Waals surface area contributed by atoms with Gasteiger partial charge >= 0.3 is 16.4 Å². The fourth-order valence-electron chi connectivity index (χ4n) is 2.01. The van der Waals surface area contributed by atoms with Crippen LogP contribution in [0.15, 0.2) is 0 Å². The third-order valence-corrected chi connectivity index (χ3v) is 5.36. The second kappa shape index (κ2) is 8.58. The maximum Gasteiger partial charge on any atom is 0.429 e. The number of rotatable bonds is 8. The Labute approximate surface area is 143 Å². The molecule has 0 amide bonds. The van der Waals surface area contributed by atoms with Gasteiger partial charge in [-0.25, -0.2) is 13.4 Å². The summed E-state index contributed by atoms with van der Waals surface area (Å²) in [5.41, 5.74) is 0. The molecule has 25 heavy (non-hydrogen) atoms. The van der Waals surface area contributed by atoms with Crippen LogP contribution in [-0.2, 0) is 19.4 Å². The van der Waals surface area contributed by atoms with Crippen molar-refractivity contribution >= 4 is 22.1 Å². The number of hydrogen-bond acceptors (Lipinski definition) is 7. The molecule has 0 bridgehead atoms. The van der Waals surface area contributed by atoms with Gasteiger partial charge in [0.1, 0.15) is 12.0 Å². The monoisotopic (exact) mass is 421 g/mol. The summed E-state index contributed by atoms with van der Waals surface area (Å²) in [5.74, 6) is -6.40. The lowest BCUT2D eigenvalue weighted by atomic mass is 10.1. The Morgan fingerprint density at radius 3 is 1.92 bits per heavy atom. The first-order chi connectivity index (χ1) is 11.4. The van der Waals surface area contributed by atoms with Crippen LogP contribution in [0.3, 0.4) is 0 Å². The summed E-state index contributed by atoms with van der Waals surface area (Å²) >= 11 is -1.72. The first-order valence-electron chi connectivity index (χ1n) is 6.94. The van der Waals surface area contributed by atoms with Crippen LogP contribution in [0.4, 0.5) is 26.3 Å². The molecule has 0 unspecified atom stereocenters. The number of hydrogen-bond donors (Lipinski definition) is 1. The van der Waals surface area contributed by atoms with Crippen molar-refractivity contribution in [3.05, 3.63) is 0 Å². The average Bonchev–Trinajstić information content (AvgIpc) is 2.47. The van der Waals surface area contributed by atoms with Gasteiger partial charge in [-0.2, -0.15) is 30.7 Å². The Morgan fingerprint density at radius 2 is 1.44 bits per heavy atom. The van der Waals surface area contributed by atoms with E-state index < -0.39 is 38.5 Å². The van der Waals surface area contributed by atoms with Gasteiger partial charge in [0.05, 0.1) is 0 Å². The Balaban J connectivity index is 2.99. The predicted octanol–water partition coefficient (Wildman–Crippen LogP) is 1.78. The third kappa shape index (κ3) is 5.11. The van der Waals surface area contributed by atoms with Crippen LogP contribution in [0.5, 0.6) is 0 Å². The van der Waals surface area contributed by atoms with Crippen molar-refractivity contribution in [1.82, 2.24) is 9.84 Å². The predicted molar refractivity (Wildman–Crippen MR) is 71.3 cm³/mol. The van der Waals surface area contributed by atoms with E-state index in [0.29, 0.717) is 25.7 Å². The number of halogens is 6. The lowest BCUT2D eigenvalue weighted by Gasteiger charge is -2.33. The molecule has 0 atom stereocenters. The molecule has 1 saturated heterocycles. The smallest absolute Gasteiger partial charge is 0.429 e. The summed E-state index contributed by atoms with van der Waals surface area (Å²) in [6.45, 7) is -0.0850. The molecule has 0 spiro atoms. The van der Waals surface area contributed by atoms with Gasteiger partial charge in [0.2, 0.25) is 0 Å². The first-order valence-corrected chi connectivity index (χ1v) is 9.16. The van der Waals surface area contributed by atoms with Crippen molar-refractivity contribution in [1.29, 1.82) is 0 Å². The number of nitrogens with one attached hydrogen (secondary N) is 1. The quantitative estimate of drug-likeness (QED) is 0.277. The fraction of sp³-hybridized carbons (Fsp3) is 1.00. The van der Waals surface area contributed by atoms with E-state index in [2.05, 4.69) is 9.37 Å². The van der Waals surface area contributed by atoms with Crippen LogP contribution in [-0.4, -0.2) is 42.9 Å². The molecule has 1 fully saturated rings. The van der Waals surface area contributed by atoms with E-state index in [1.165, 1.54) is 4.83 Å². The van der Waals surface area contributed by atoms with E-state index in [-0.39, 0.29) is 13.1 Å². The molecule has 15 heteroatoms. The minimum Gasteiger partial charge on any atom is -0.691 e. The molecule has 1 heterocycles. The zero-order chi connectivity index (χ0) is 19.4. The summed E-state index contributed by atoms with van der Waals surface area (Å²) in [5, 5.41) is 0.617. The molecule has 0 aromatic carbocycles. The molecule has 1 N–H and O–H groups in total. The molecule has 1 rings (SSSR count). The van der Waals surface area contributed by atoms with Crippen molar-refractivity contribution in [2.45, 2.75) is 48.5 Å². The lowest BCUT2D eigenvalue weighted by molar-refractivity contribution is -0.777. The Kier molecular flexibility index (Phi) is 7.80. The van der Waals surface area contributed by atoms with Gasteiger partial charge in [0, 0.05) is 13.1 Å². The number of alkyl halides is 6. The van der Waals surface area contributed by atoms with Crippen LogP contribution >= 0.6 is 12.0 Å². The molecule has 0 aromatic rings. The SMILES string of the molecule is O=S(=O)(NN1CCCCCCC1)C(F)(F)C(F)(F)C(F)(F)SOO[O-]. The standard InChI is InChI=1S/C10H16F6N2O5S2/c11-8(12,9(13,14)24-23-22-19)10(15,16)25(20,21)17-18-6-4-2-1-3-5-7-18/h17,19H,1-7H2/p-1. The highest BCUT2D eigenvalue weighted by molar-refractivity contribution is 7.95. The third-order valence-electron chi connectivity index (χ3n) is 3.34. The fourth-order valence-corrected chi connectivity index (χ4v) is 3.53. The van der Waals surface area contributed by atoms with Gasteiger partial charge in [0.25, 0.3) is 10.0 Å². The number of hydrazine groups is 1. The molecule has 150 valence electrons. The highest BCUT2D eigenvalue weighted by Gasteiger charge is 2.78. The van der Waals surface area contributed by atoms with Crippen molar-refractivity contribution in [3.63, 3.8) is 0 Å². The molecule has 0 aromatic heterocycles. The second-order valence-corrected chi connectivity index (χ2v) is 7.69. The number of sulfonamides is 1. The van der Waals surface area contributed by atoms with Crippen molar-refractivity contribution in [2.75, 3.05) is 13.1 Å². The summed E-state index contributed by atoms with van der Waals surface area (Å²) in [6, 6.07) is 0. The van der Waals surface area contributed by atoms with Crippen LogP contribution in [0.1, 0.15) is 32.1 Å². The van der Waals surface area contributed by atoms with Crippen LogP contribution < -0.4 is 10.1 Å². The highest BCUT2D eigenvalue weighted by atomic mass is 32.2. The van der Waals surface area contributed by atoms with Gasteiger partial charge in [-0.05, 0) is 12.8 Å². The molecular formula is C10H15F6N2O5S2-. The van der Waals surface area contributed by atoms with E-state index >= 15 is 0 Å². The molecule has 1 aliphatic rings. The zero-order valence-electron chi connectivity index (χ0n) is 12.5. The van der Waals surface area contributed by atoms with Gasteiger partial charge in [-0.3, -0.25) is 5.04 Å². The Morgan fingerprint density at radius 1 is 0.960 bits per heavy atom. The van der Waals surface area contributed by atoms with Crippen molar-refractivity contribution in [2.24, 2.45) is 0 Å². The topological polar surface area (TPSA) is 90.9 Å². The minimum absolute atomic E-state index is 0.0425. The van der Waals surface area contributed by atoms with Crippen LogP contribution in [0.2, 0.25) is 0 Å². The Bertz CT molecular complexity index is 528. The van der Waals surface area contributed by atoms with Gasteiger partial charge in [-0.1, -0.05) is 19.3 Å². The zero-order valence-corrected chi connectivity index (χ0v) is 14.2. The van der Waals surface area contributed by atoms with E-state index in [9.17, 15) is 40.0 Å². The Hall–Kier alpha value is -0.320. The van der Waals surface area contributed by atoms with E-state index in [1.807, 2.05) is 0 Å². The summed E-state index contributed by atoms with van der Waals surface area (Å²) in [7, 11) is -6.23. The maximum absolute atomic E-state index is 13.7. The molecular weight excluding hydrogens is 406 g/mol. The van der Waals surface area contributed by atoms with Crippen molar-refractivity contribution < 1.29 is 49.4 Å². The normalized spacial score (nSPS) is 19.5. The lowest BCUT2D eigenvalue weighted by Crippen LogP contribution is -2.61. The van der Waals surface area contributed by atoms with Crippen molar-refractivity contribution in [3.8, 4) is 0 Å². The molecule has 1 aliphatic heterocycles. The second-order valence-electron chi connectivity index (χ2n) is 5.18. The van der Waals surface area contributed by atoms with Gasteiger partial charge in [-0.15, -0.1) is 4.83 Å². The van der Waals surface area contributed by atoms with Crippen LogP contribution in [0, 0.1) is 0 Å². The molecule has 7 nitrogen and oxygen atoms in total. The first kappa shape index (κ1) is 22.7. The van der Waals surface area contributed by atoms with E-state index in [0.717, 1.165) is 11.4 Å². The maximum atomic E-state index is 13.7. The van der Waals surface area contributed by atoms with Crippen LogP contribution in [0.25, 0.3) is 0 Å². The molecule has 0 saturated carbocycles. The van der Waals surface area contributed by atoms with Gasteiger partial charge in [0.15, 0.2) is 0 Å². The summed E-state index contributed by atoms with van der Waals surface area (Å²) in [6.07, 6.45) is 3.01. The average molecular weight is 421 g/mol. The number of nitrogens with zero attached hydrogens (tertiary/aromatic N) is 1. The minimum atomic E-state index is -6.40. The van der Waals surface area contributed by atoms with E-state index in [1.54, 1.807) is 0 Å². The van der Waals surface area contributed by atoms with Gasteiger partial charge < -0.3 is 5.26 Å². The highest BCUT2D eigenvalue weighted by Crippen LogP contribution is 2.53. The largest absolute Gasteiger partial charge is 0.691 e. The summed E-state index contributed by atoms with van der Waals surface area (Å²) in [4.78, 5) is 1.24.